The number of hydrogen-bond donors (Lipinski definition) is 1. The maximum Gasteiger partial charge on any atom is 0.350 e. The van der Waals surface area contributed by atoms with Crippen LogP contribution in [-0.4, -0.2) is 32.5 Å². The van der Waals surface area contributed by atoms with E-state index >= 15 is 0 Å². The van der Waals surface area contributed by atoms with E-state index in [-0.39, 0.29) is 49.9 Å². The Labute approximate surface area is 201 Å². The van der Waals surface area contributed by atoms with E-state index in [9.17, 15) is 14.4 Å². The smallest absolute Gasteiger partial charge is 0.326 e. The van der Waals surface area contributed by atoms with Gasteiger partial charge in [-0.2, -0.15) is 5.26 Å². The molecule has 4 rings (SSSR count). The number of amides is 2. The molecule has 1 N–H and O–H groups in total. The summed E-state index contributed by atoms with van der Waals surface area (Å²) in [4.78, 5) is 39.3. The lowest BCUT2D eigenvalue weighted by molar-refractivity contribution is -0.122. The first kappa shape index (κ1) is 23.4. The summed E-state index contributed by atoms with van der Waals surface area (Å²) in [5.41, 5.74) is 2.39. The van der Waals surface area contributed by atoms with Crippen LogP contribution in [-0.2, 0) is 16.1 Å². The topological polar surface area (TPSA) is 112 Å². The summed E-state index contributed by atoms with van der Waals surface area (Å²) < 4.78 is 2.84. The van der Waals surface area contributed by atoms with E-state index in [0.29, 0.717) is 17.0 Å². The molecule has 9 heteroatoms. The minimum absolute atomic E-state index is 0.00480. The Hall–Kier alpha value is -4.71. The second-order valence-corrected chi connectivity index (χ2v) is 7.91. The van der Waals surface area contributed by atoms with Gasteiger partial charge in [0.2, 0.25) is 11.8 Å². The van der Waals surface area contributed by atoms with E-state index in [1.807, 2.05) is 30.3 Å². The van der Waals surface area contributed by atoms with Gasteiger partial charge < -0.3 is 10.2 Å². The third-order valence-electron chi connectivity index (χ3n) is 5.41. The van der Waals surface area contributed by atoms with E-state index in [4.69, 9.17) is 5.26 Å². The van der Waals surface area contributed by atoms with Crippen molar-refractivity contribution in [3.63, 3.8) is 0 Å². The van der Waals surface area contributed by atoms with Gasteiger partial charge in [0.15, 0.2) is 5.65 Å². The molecular formula is C26H24N6O3. The SMILES string of the molecule is N#CCCN(C(=O)CCC(=O)Nc1cccc(Cn2nc3ccccn3c2=O)c1)c1ccccc1. The maximum atomic E-state index is 12.8. The fourth-order valence-corrected chi connectivity index (χ4v) is 3.74. The Morgan fingerprint density at radius 2 is 1.80 bits per heavy atom. The molecule has 4 aromatic rings. The average molecular weight is 469 g/mol. The van der Waals surface area contributed by atoms with Crippen molar-refractivity contribution in [1.82, 2.24) is 14.2 Å². The monoisotopic (exact) mass is 468 g/mol. The molecule has 0 saturated carbocycles. The highest BCUT2D eigenvalue weighted by atomic mass is 16.2. The number of rotatable bonds is 9. The molecule has 0 unspecified atom stereocenters. The number of carbonyl (C=O) groups excluding carboxylic acids is 2. The van der Waals surface area contributed by atoms with Crippen molar-refractivity contribution < 1.29 is 9.59 Å². The highest BCUT2D eigenvalue weighted by Crippen LogP contribution is 2.17. The zero-order valence-electron chi connectivity index (χ0n) is 19.0. The lowest BCUT2D eigenvalue weighted by atomic mass is 10.2. The molecule has 2 aromatic heterocycles. The number of anilines is 2. The van der Waals surface area contributed by atoms with Crippen LogP contribution in [0.5, 0.6) is 0 Å². The van der Waals surface area contributed by atoms with E-state index < -0.39 is 0 Å². The van der Waals surface area contributed by atoms with E-state index in [1.165, 1.54) is 14.0 Å². The fraction of sp³-hybridized carbons (Fsp3) is 0.192. The summed E-state index contributed by atoms with van der Waals surface area (Å²) in [6, 6.07) is 23.7. The van der Waals surface area contributed by atoms with Gasteiger partial charge in [0.25, 0.3) is 0 Å². The highest BCUT2D eigenvalue weighted by Gasteiger charge is 2.17. The van der Waals surface area contributed by atoms with E-state index in [0.717, 1.165) is 5.56 Å². The number of aromatic nitrogens is 3. The van der Waals surface area contributed by atoms with Crippen molar-refractivity contribution in [2.75, 3.05) is 16.8 Å². The fourth-order valence-electron chi connectivity index (χ4n) is 3.74. The van der Waals surface area contributed by atoms with Gasteiger partial charge in [-0.15, -0.1) is 5.10 Å². The lowest BCUT2D eigenvalue weighted by Gasteiger charge is -2.21. The molecule has 0 radical (unpaired) electrons. The standard InChI is InChI=1S/C26H24N6O3/c27-15-7-17-30(22-10-2-1-3-11-22)25(34)14-13-24(33)28-21-9-6-8-20(18-21)19-32-26(35)31-16-5-4-12-23(31)29-32/h1-6,8-12,16,18H,7,13-14,17,19H2,(H,28,33). The minimum atomic E-state index is -0.298. The summed E-state index contributed by atoms with van der Waals surface area (Å²) in [5.74, 6) is -0.518. The molecule has 2 heterocycles. The summed E-state index contributed by atoms with van der Waals surface area (Å²) >= 11 is 0. The van der Waals surface area contributed by atoms with Crippen LogP contribution in [0.15, 0.2) is 83.8 Å². The van der Waals surface area contributed by atoms with E-state index in [2.05, 4.69) is 16.5 Å². The molecule has 0 atom stereocenters. The van der Waals surface area contributed by atoms with Crippen molar-refractivity contribution in [2.24, 2.45) is 0 Å². The predicted molar refractivity (Wildman–Crippen MR) is 132 cm³/mol. The molecule has 0 aliphatic heterocycles. The quantitative estimate of drug-likeness (QED) is 0.405. The summed E-state index contributed by atoms with van der Waals surface area (Å²) in [6.45, 7) is 0.527. The Morgan fingerprint density at radius 1 is 1.00 bits per heavy atom. The van der Waals surface area contributed by atoms with Crippen LogP contribution >= 0.6 is 0 Å². The van der Waals surface area contributed by atoms with Gasteiger partial charge in [0, 0.05) is 37.0 Å². The van der Waals surface area contributed by atoms with Crippen LogP contribution in [0.3, 0.4) is 0 Å². The zero-order chi connectivity index (χ0) is 24.6. The molecule has 0 aliphatic carbocycles. The average Bonchev–Trinajstić information content (AvgIpc) is 3.19. The van der Waals surface area contributed by atoms with Gasteiger partial charge in [-0.3, -0.25) is 14.0 Å². The summed E-state index contributed by atoms with van der Waals surface area (Å²) in [7, 11) is 0. The highest BCUT2D eigenvalue weighted by molar-refractivity contribution is 5.98. The summed E-state index contributed by atoms with van der Waals surface area (Å²) in [6.07, 6.45) is 1.89. The molecular weight excluding hydrogens is 444 g/mol. The molecule has 0 aliphatic rings. The van der Waals surface area contributed by atoms with Crippen molar-refractivity contribution in [1.29, 1.82) is 5.26 Å². The van der Waals surface area contributed by atoms with Crippen LogP contribution in [0.2, 0.25) is 0 Å². The van der Waals surface area contributed by atoms with Crippen LogP contribution in [0, 0.1) is 11.3 Å². The zero-order valence-corrected chi connectivity index (χ0v) is 19.0. The number of hydrogen-bond acceptors (Lipinski definition) is 5. The van der Waals surface area contributed by atoms with E-state index in [1.54, 1.807) is 48.7 Å². The number of fused-ring (bicyclic) bond motifs is 1. The second kappa shape index (κ2) is 10.9. The number of nitrogens with zero attached hydrogens (tertiary/aromatic N) is 5. The Bertz CT molecular complexity index is 1430. The van der Waals surface area contributed by atoms with Crippen molar-refractivity contribution in [3.8, 4) is 6.07 Å². The largest absolute Gasteiger partial charge is 0.350 e. The van der Waals surface area contributed by atoms with Crippen LogP contribution < -0.4 is 15.9 Å². The van der Waals surface area contributed by atoms with Gasteiger partial charge in [-0.05, 0) is 42.0 Å². The molecule has 2 amide bonds. The number of para-hydroxylation sites is 1. The third kappa shape index (κ3) is 5.81. The van der Waals surface area contributed by atoms with Gasteiger partial charge in [-0.25, -0.2) is 9.48 Å². The van der Waals surface area contributed by atoms with Gasteiger partial charge in [0.05, 0.1) is 19.0 Å². The Balaban J connectivity index is 1.37. The number of benzene rings is 2. The van der Waals surface area contributed by atoms with Gasteiger partial charge in [-0.1, -0.05) is 36.4 Å². The van der Waals surface area contributed by atoms with Gasteiger partial charge >= 0.3 is 5.69 Å². The molecule has 0 saturated heterocycles. The summed E-state index contributed by atoms with van der Waals surface area (Å²) in [5, 5.41) is 16.1. The molecule has 2 aromatic carbocycles. The number of nitrogens with one attached hydrogen (secondary N) is 1. The number of nitriles is 1. The van der Waals surface area contributed by atoms with Crippen LogP contribution in [0.25, 0.3) is 5.65 Å². The molecule has 35 heavy (non-hydrogen) atoms. The van der Waals surface area contributed by atoms with Crippen LogP contribution in [0.1, 0.15) is 24.8 Å². The van der Waals surface area contributed by atoms with Crippen LogP contribution in [0.4, 0.5) is 11.4 Å². The Kier molecular flexibility index (Phi) is 7.33. The van der Waals surface area contributed by atoms with Gasteiger partial charge in [0.1, 0.15) is 0 Å². The predicted octanol–water partition coefficient (Wildman–Crippen LogP) is 3.21. The minimum Gasteiger partial charge on any atom is -0.326 e. The molecule has 0 spiro atoms. The molecule has 0 bridgehead atoms. The van der Waals surface area contributed by atoms with Crippen molar-refractivity contribution in [2.45, 2.75) is 25.8 Å². The molecule has 176 valence electrons. The first-order valence-electron chi connectivity index (χ1n) is 11.2. The number of carbonyl (C=O) groups is 2. The maximum absolute atomic E-state index is 12.8. The first-order chi connectivity index (χ1) is 17.0. The third-order valence-corrected chi connectivity index (χ3v) is 5.41. The normalized spacial score (nSPS) is 10.6. The first-order valence-corrected chi connectivity index (χ1v) is 11.2. The van der Waals surface area contributed by atoms with Crippen molar-refractivity contribution in [3.05, 3.63) is 95.0 Å². The number of pyridine rings is 1. The second-order valence-electron chi connectivity index (χ2n) is 7.91. The Morgan fingerprint density at radius 3 is 2.57 bits per heavy atom. The molecule has 0 fully saturated rings. The lowest BCUT2D eigenvalue weighted by Crippen LogP contribution is -2.32. The molecule has 9 nitrogen and oxygen atoms in total. The van der Waals surface area contributed by atoms with Crippen molar-refractivity contribution >= 4 is 28.8 Å².